The van der Waals surface area contributed by atoms with Gasteiger partial charge in [0.1, 0.15) is 17.7 Å². The molecule has 30 heavy (non-hydrogen) atoms. The number of nitrogens with one attached hydrogen (secondary N) is 1. The standard InChI is InChI=1S/C24H23Cl2FN2O/c25-18-8-9-21(22(26)11-18)23(27)14-29-13-20(12-24(28-29)16-6-7-16)30-19-3-1-2-17(10-19)15-4-5-15/h1-3,8-13,15-16,23,28H,4-7,14H2. The number of hydrogen-bond donors (Lipinski definition) is 1. The molecule has 6 heteroatoms. The van der Waals surface area contributed by atoms with E-state index in [1.165, 1.54) is 18.4 Å². The first-order chi connectivity index (χ1) is 14.5. The van der Waals surface area contributed by atoms with Crippen molar-refractivity contribution in [1.29, 1.82) is 0 Å². The lowest BCUT2D eigenvalue weighted by Crippen LogP contribution is -2.38. The zero-order chi connectivity index (χ0) is 20.7. The number of hydrogen-bond acceptors (Lipinski definition) is 3. The van der Waals surface area contributed by atoms with Crippen molar-refractivity contribution in [3.05, 3.63) is 87.4 Å². The van der Waals surface area contributed by atoms with Crippen molar-refractivity contribution in [3.8, 4) is 5.75 Å². The molecule has 0 amide bonds. The Kier molecular flexibility index (Phi) is 5.38. The molecule has 2 aromatic carbocycles. The molecule has 2 fully saturated rings. The van der Waals surface area contributed by atoms with Gasteiger partial charge in [-0.25, -0.2) is 4.39 Å². The van der Waals surface area contributed by atoms with Crippen LogP contribution in [0.2, 0.25) is 10.0 Å². The van der Waals surface area contributed by atoms with Crippen LogP contribution in [0.25, 0.3) is 0 Å². The third-order valence-electron chi connectivity index (χ3n) is 5.67. The molecule has 2 saturated carbocycles. The number of rotatable bonds is 7. The van der Waals surface area contributed by atoms with Crippen molar-refractivity contribution in [2.45, 2.75) is 37.8 Å². The fourth-order valence-corrected chi connectivity index (χ4v) is 4.27. The van der Waals surface area contributed by atoms with E-state index in [-0.39, 0.29) is 6.54 Å². The van der Waals surface area contributed by atoms with Gasteiger partial charge in [0.25, 0.3) is 0 Å². The molecule has 2 aliphatic carbocycles. The lowest BCUT2D eigenvalue weighted by molar-refractivity contribution is 0.194. The minimum absolute atomic E-state index is 0.111. The Morgan fingerprint density at radius 1 is 1.07 bits per heavy atom. The van der Waals surface area contributed by atoms with Crippen LogP contribution in [0.4, 0.5) is 4.39 Å². The third kappa shape index (κ3) is 4.60. The molecular formula is C24H23Cl2FN2O. The summed E-state index contributed by atoms with van der Waals surface area (Å²) in [6.45, 7) is 0.111. The summed E-state index contributed by atoms with van der Waals surface area (Å²) in [5.41, 5.74) is 6.16. The summed E-state index contributed by atoms with van der Waals surface area (Å²) in [6, 6.07) is 13.1. The van der Waals surface area contributed by atoms with Gasteiger partial charge in [0, 0.05) is 33.3 Å². The monoisotopic (exact) mass is 444 g/mol. The van der Waals surface area contributed by atoms with Gasteiger partial charge in [-0.15, -0.1) is 0 Å². The maximum absolute atomic E-state index is 15.1. The summed E-state index contributed by atoms with van der Waals surface area (Å²) >= 11 is 12.1. The highest BCUT2D eigenvalue weighted by molar-refractivity contribution is 6.35. The van der Waals surface area contributed by atoms with Crippen LogP contribution in [0.3, 0.4) is 0 Å². The molecule has 1 N–H and O–H groups in total. The molecule has 1 atom stereocenters. The van der Waals surface area contributed by atoms with Gasteiger partial charge in [0.15, 0.2) is 0 Å². The number of halogens is 3. The second-order valence-electron chi connectivity index (χ2n) is 8.25. The Labute approximate surface area is 186 Å². The Balaban J connectivity index is 1.34. The van der Waals surface area contributed by atoms with E-state index in [0.717, 1.165) is 24.3 Å². The van der Waals surface area contributed by atoms with E-state index in [4.69, 9.17) is 27.9 Å². The number of benzene rings is 2. The number of nitrogens with zero attached hydrogens (tertiary/aromatic N) is 1. The molecule has 2 aromatic rings. The molecule has 3 nitrogen and oxygen atoms in total. The summed E-state index contributed by atoms with van der Waals surface area (Å²) in [5.74, 6) is 2.67. The van der Waals surface area contributed by atoms with Crippen molar-refractivity contribution in [3.63, 3.8) is 0 Å². The molecule has 1 unspecified atom stereocenters. The zero-order valence-electron chi connectivity index (χ0n) is 16.5. The average molecular weight is 445 g/mol. The van der Waals surface area contributed by atoms with Crippen LogP contribution in [0.1, 0.15) is 48.9 Å². The van der Waals surface area contributed by atoms with Gasteiger partial charge in [-0.1, -0.05) is 41.4 Å². The normalized spacial score (nSPS) is 19.6. The van der Waals surface area contributed by atoms with Crippen LogP contribution in [0.15, 0.2) is 66.2 Å². The van der Waals surface area contributed by atoms with Gasteiger partial charge in [0.05, 0.1) is 12.7 Å². The number of alkyl halides is 1. The van der Waals surface area contributed by atoms with Crippen LogP contribution in [-0.4, -0.2) is 11.6 Å². The highest BCUT2D eigenvalue weighted by atomic mass is 35.5. The van der Waals surface area contributed by atoms with Crippen molar-refractivity contribution >= 4 is 23.2 Å². The van der Waals surface area contributed by atoms with Crippen molar-refractivity contribution in [2.75, 3.05) is 6.54 Å². The maximum atomic E-state index is 15.1. The molecule has 0 bridgehead atoms. The van der Waals surface area contributed by atoms with E-state index in [1.807, 2.05) is 24.4 Å². The summed E-state index contributed by atoms with van der Waals surface area (Å²) in [4.78, 5) is 0. The first-order valence-electron chi connectivity index (χ1n) is 10.4. The summed E-state index contributed by atoms with van der Waals surface area (Å²) in [5, 5.41) is 2.58. The summed E-state index contributed by atoms with van der Waals surface area (Å²) in [6.07, 6.45) is 7.35. The molecule has 1 heterocycles. The molecule has 0 spiro atoms. The van der Waals surface area contributed by atoms with Crippen molar-refractivity contribution < 1.29 is 9.13 Å². The molecule has 1 aliphatic heterocycles. The predicted octanol–water partition coefficient (Wildman–Crippen LogP) is 6.92. The van der Waals surface area contributed by atoms with E-state index in [2.05, 4.69) is 17.6 Å². The predicted molar refractivity (Wildman–Crippen MR) is 118 cm³/mol. The second kappa shape index (κ2) is 8.16. The molecule has 0 radical (unpaired) electrons. The summed E-state index contributed by atoms with van der Waals surface area (Å²) < 4.78 is 21.2. The van der Waals surface area contributed by atoms with Crippen LogP contribution in [0, 0.1) is 5.92 Å². The fourth-order valence-electron chi connectivity index (χ4n) is 3.74. The van der Waals surface area contributed by atoms with Crippen LogP contribution in [-0.2, 0) is 0 Å². The first-order valence-corrected chi connectivity index (χ1v) is 11.1. The lowest BCUT2D eigenvalue weighted by atomic mass is 10.1. The van der Waals surface area contributed by atoms with E-state index >= 15 is 4.39 Å². The smallest absolute Gasteiger partial charge is 0.146 e. The molecule has 0 saturated heterocycles. The summed E-state index contributed by atoms with van der Waals surface area (Å²) in [7, 11) is 0. The SMILES string of the molecule is FC(CN1C=C(Oc2cccc(C3CC3)c2)C=C(C2CC2)N1)c1ccc(Cl)cc1Cl. The quantitative estimate of drug-likeness (QED) is 0.501. The largest absolute Gasteiger partial charge is 0.456 e. The van der Waals surface area contributed by atoms with Gasteiger partial charge in [-0.3, -0.25) is 5.01 Å². The Hall–Kier alpha value is -2.17. The Bertz CT molecular complexity index is 1010. The third-order valence-corrected chi connectivity index (χ3v) is 6.23. The van der Waals surface area contributed by atoms with Crippen LogP contribution >= 0.6 is 23.2 Å². The van der Waals surface area contributed by atoms with Gasteiger partial charge >= 0.3 is 0 Å². The lowest BCUT2D eigenvalue weighted by Gasteiger charge is -2.30. The average Bonchev–Trinajstić information content (AvgIpc) is 3.61. The van der Waals surface area contributed by atoms with Gasteiger partial charge in [-0.2, -0.15) is 0 Å². The fraction of sp³-hybridized carbons (Fsp3) is 0.333. The van der Waals surface area contributed by atoms with Crippen molar-refractivity contribution in [1.82, 2.24) is 10.4 Å². The molecule has 156 valence electrons. The van der Waals surface area contributed by atoms with Crippen molar-refractivity contribution in [2.24, 2.45) is 5.92 Å². The first kappa shape index (κ1) is 19.8. The van der Waals surface area contributed by atoms with E-state index in [1.54, 1.807) is 23.2 Å². The Morgan fingerprint density at radius 3 is 2.60 bits per heavy atom. The van der Waals surface area contributed by atoms with Gasteiger partial charge < -0.3 is 10.2 Å². The zero-order valence-corrected chi connectivity index (χ0v) is 18.0. The van der Waals surface area contributed by atoms with Gasteiger partial charge in [-0.05, 0) is 61.4 Å². The minimum Gasteiger partial charge on any atom is -0.456 e. The highest BCUT2D eigenvalue weighted by Crippen LogP contribution is 2.41. The topological polar surface area (TPSA) is 24.5 Å². The van der Waals surface area contributed by atoms with E-state index < -0.39 is 6.17 Å². The molecule has 3 aliphatic rings. The van der Waals surface area contributed by atoms with E-state index in [0.29, 0.717) is 33.2 Å². The van der Waals surface area contributed by atoms with E-state index in [9.17, 15) is 0 Å². The van der Waals surface area contributed by atoms with Crippen LogP contribution in [0.5, 0.6) is 5.75 Å². The molecule has 5 rings (SSSR count). The minimum atomic E-state index is -1.27. The second-order valence-corrected chi connectivity index (χ2v) is 9.10. The highest BCUT2D eigenvalue weighted by Gasteiger charge is 2.30. The number of hydrazine groups is 1. The molecule has 0 aromatic heterocycles. The molecular weight excluding hydrogens is 422 g/mol. The number of ether oxygens (including phenoxy) is 1. The maximum Gasteiger partial charge on any atom is 0.146 e. The number of allylic oxidation sites excluding steroid dienone is 2. The van der Waals surface area contributed by atoms with Crippen LogP contribution < -0.4 is 10.2 Å². The Morgan fingerprint density at radius 2 is 1.87 bits per heavy atom. The van der Waals surface area contributed by atoms with Gasteiger partial charge in [0.2, 0.25) is 0 Å².